The van der Waals surface area contributed by atoms with Crippen molar-refractivity contribution in [3.05, 3.63) is 46.0 Å². The summed E-state index contributed by atoms with van der Waals surface area (Å²) < 4.78 is 41.2. The van der Waals surface area contributed by atoms with Crippen LogP contribution in [-0.2, 0) is 17.4 Å². The molecule has 2 aliphatic rings. The molecule has 2 aromatic rings. The van der Waals surface area contributed by atoms with Gasteiger partial charge >= 0.3 is 6.18 Å². The molecule has 6 nitrogen and oxygen atoms in total. The fourth-order valence-electron chi connectivity index (χ4n) is 3.94. The second kappa shape index (κ2) is 6.59. The predicted molar refractivity (Wildman–Crippen MR) is 93.6 cm³/mol. The van der Waals surface area contributed by atoms with Crippen molar-refractivity contribution >= 4 is 21.8 Å². The molecule has 3 unspecified atom stereocenters. The van der Waals surface area contributed by atoms with E-state index in [1.54, 1.807) is 4.90 Å². The van der Waals surface area contributed by atoms with Crippen molar-refractivity contribution in [3.8, 4) is 0 Å². The van der Waals surface area contributed by atoms with Crippen molar-refractivity contribution in [2.75, 3.05) is 6.54 Å². The zero-order chi connectivity index (χ0) is 19.3. The average molecular weight is 444 g/mol. The van der Waals surface area contributed by atoms with Gasteiger partial charge in [-0.25, -0.2) is 0 Å². The van der Waals surface area contributed by atoms with Gasteiger partial charge in [-0.15, -0.1) is 10.2 Å². The lowest BCUT2D eigenvalue weighted by Crippen LogP contribution is -2.39. The summed E-state index contributed by atoms with van der Waals surface area (Å²) in [5.41, 5.74) is 7.15. The second-order valence-corrected chi connectivity index (χ2v) is 7.91. The first-order valence-electron chi connectivity index (χ1n) is 8.55. The normalized spacial score (nSPS) is 22.2. The van der Waals surface area contributed by atoms with Crippen LogP contribution in [0.1, 0.15) is 42.1 Å². The molecule has 1 fully saturated rings. The Balaban J connectivity index is 1.43. The fraction of sp³-hybridized carbons (Fsp3) is 0.471. The van der Waals surface area contributed by atoms with Crippen molar-refractivity contribution in [1.82, 2.24) is 19.7 Å². The summed E-state index contributed by atoms with van der Waals surface area (Å²) in [7, 11) is 0. The summed E-state index contributed by atoms with van der Waals surface area (Å²) in [6, 6.07) is 6.46. The highest BCUT2D eigenvalue weighted by Gasteiger charge is 2.51. The van der Waals surface area contributed by atoms with Crippen LogP contribution in [0.2, 0.25) is 0 Å². The summed E-state index contributed by atoms with van der Waals surface area (Å²) in [5.74, 6) is -0.924. The summed E-state index contributed by atoms with van der Waals surface area (Å²) in [5, 5.41) is 6.99. The third-order valence-electron chi connectivity index (χ3n) is 5.09. The summed E-state index contributed by atoms with van der Waals surface area (Å²) >= 11 is 3.37. The maximum Gasteiger partial charge on any atom is 0.451 e. The molecule has 144 valence electrons. The Morgan fingerprint density at radius 1 is 1.30 bits per heavy atom. The number of hydrogen-bond acceptors (Lipinski definition) is 4. The van der Waals surface area contributed by atoms with Gasteiger partial charge in [0.15, 0.2) is 5.82 Å². The number of benzene rings is 1. The van der Waals surface area contributed by atoms with Gasteiger partial charge in [-0.3, -0.25) is 4.79 Å². The lowest BCUT2D eigenvalue weighted by Gasteiger charge is -2.28. The summed E-state index contributed by atoms with van der Waals surface area (Å²) in [6.07, 6.45) is -3.41. The molecule has 4 rings (SSSR count). The molecular formula is C17H17BrF3N5O. The number of amides is 1. The van der Waals surface area contributed by atoms with Crippen LogP contribution in [-0.4, -0.2) is 38.2 Å². The van der Waals surface area contributed by atoms with E-state index in [4.69, 9.17) is 5.73 Å². The van der Waals surface area contributed by atoms with Gasteiger partial charge in [0.25, 0.3) is 0 Å². The number of rotatable bonds is 4. The van der Waals surface area contributed by atoms with Crippen molar-refractivity contribution in [2.45, 2.75) is 43.6 Å². The lowest BCUT2D eigenvalue weighted by molar-refractivity contribution is -0.148. The molecule has 1 amide bonds. The summed E-state index contributed by atoms with van der Waals surface area (Å²) in [6.45, 7) is 0.239. The van der Waals surface area contributed by atoms with Gasteiger partial charge in [0.2, 0.25) is 11.7 Å². The molecule has 10 heteroatoms. The molecule has 3 heterocycles. The fourth-order valence-corrected chi connectivity index (χ4v) is 4.21. The standard InChI is InChI=1S/C17H17BrF3N5O/c18-10-3-1-9(2-4-10)5-11(22)6-14(27)25-8-12-7-13(25)15-23-24-16(26(12)15)17(19,20)21/h1-4,11-13H,5-8,22H2. The predicted octanol–water partition coefficient (Wildman–Crippen LogP) is 2.85. The van der Waals surface area contributed by atoms with Crippen LogP contribution in [0.3, 0.4) is 0 Å². The number of nitrogens with zero attached hydrogens (tertiary/aromatic N) is 4. The molecule has 1 aromatic carbocycles. The molecule has 2 aliphatic heterocycles. The van der Waals surface area contributed by atoms with E-state index in [1.807, 2.05) is 24.3 Å². The van der Waals surface area contributed by atoms with E-state index in [1.165, 1.54) is 0 Å². The number of nitrogens with two attached hydrogens (primary N) is 1. The SMILES string of the molecule is NC(CC(=O)N1CC2CC1c1nnc(C(F)(F)F)n12)Cc1ccc(Br)cc1. The Morgan fingerprint density at radius 2 is 2.00 bits per heavy atom. The van der Waals surface area contributed by atoms with E-state index in [9.17, 15) is 18.0 Å². The van der Waals surface area contributed by atoms with Crippen molar-refractivity contribution in [2.24, 2.45) is 5.73 Å². The van der Waals surface area contributed by atoms with E-state index in [0.717, 1.165) is 14.6 Å². The van der Waals surface area contributed by atoms with Gasteiger partial charge in [-0.1, -0.05) is 28.1 Å². The first-order valence-corrected chi connectivity index (χ1v) is 9.35. The number of alkyl halides is 3. The molecule has 2 N–H and O–H groups in total. The number of hydrogen-bond donors (Lipinski definition) is 1. The van der Waals surface area contributed by atoms with Crippen molar-refractivity contribution in [1.29, 1.82) is 0 Å². The molecule has 0 radical (unpaired) electrons. The van der Waals surface area contributed by atoms with Gasteiger partial charge in [-0.2, -0.15) is 13.2 Å². The van der Waals surface area contributed by atoms with E-state index < -0.39 is 24.1 Å². The number of likely N-dealkylation sites (tertiary alicyclic amines) is 1. The number of halogens is 4. The molecule has 0 saturated carbocycles. The van der Waals surface area contributed by atoms with E-state index >= 15 is 0 Å². The number of aromatic nitrogens is 3. The van der Waals surface area contributed by atoms with Crippen LogP contribution in [0.15, 0.2) is 28.7 Å². The maximum atomic E-state index is 13.0. The molecule has 0 spiro atoms. The number of carbonyl (C=O) groups excluding carboxylic acids is 1. The first-order chi connectivity index (χ1) is 12.7. The molecule has 2 bridgehead atoms. The number of carbonyl (C=O) groups is 1. The third-order valence-corrected chi connectivity index (χ3v) is 5.61. The van der Waals surface area contributed by atoms with Gasteiger partial charge in [-0.05, 0) is 30.5 Å². The minimum Gasteiger partial charge on any atom is -0.330 e. The Morgan fingerprint density at radius 3 is 2.67 bits per heavy atom. The molecule has 1 saturated heterocycles. The quantitative estimate of drug-likeness (QED) is 0.787. The topological polar surface area (TPSA) is 77.0 Å². The van der Waals surface area contributed by atoms with E-state index in [0.29, 0.717) is 12.8 Å². The minimum absolute atomic E-state index is 0.138. The zero-order valence-electron chi connectivity index (χ0n) is 14.2. The Bertz CT molecular complexity index is 866. The molecule has 0 aliphatic carbocycles. The van der Waals surface area contributed by atoms with Gasteiger partial charge in [0, 0.05) is 23.5 Å². The molecule has 1 aromatic heterocycles. The highest BCUT2D eigenvalue weighted by Crippen LogP contribution is 2.47. The van der Waals surface area contributed by atoms with Gasteiger partial charge in [0.1, 0.15) is 0 Å². The van der Waals surface area contributed by atoms with Crippen molar-refractivity contribution in [3.63, 3.8) is 0 Å². The highest BCUT2D eigenvalue weighted by atomic mass is 79.9. The minimum atomic E-state index is -4.54. The van der Waals surface area contributed by atoms with Crippen LogP contribution < -0.4 is 5.73 Å². The first kappa shape index (κ1) is 18.4. The highest BCUT2D eigenvalue weighted by molar-refractivity contribution is 9.10. The zero-order valence-corrected chi connectivity index (χ0v) is 15.7. The van der Waals surface area contributed by atoms with Crippen LogP contribution in [0.4, 0.5) is 13.2 Å². The monoisotopic (exact) mass is 443 g/mol. The van der Waals surface area contributed by atoms with Crippen LogP contribution in [0.5, 0.6) is 0 Å². The smallest absolute Gasteiger partial charge is 0.330 e. The molecule has 3 atom stereocenters. The number of fused-ring (bicyclic) bond motifs is 5. The Kier molecular flexibility index (Phi) is 4.50. The Hall–Kier alpha value is -1.94. The molecular weight excluding hydrogens is 427 g/mol. The average Bonchev–Trinajstić information content (AvgIpc) is 3.27. The molecule has 27 heavy (non-hydrogen) atoms. The van der Waals surface area contributed by atoms with Crippen LogP contribution >= 0.6 is 15.9 Å². The maximum absolute atomic E-state index is 13.0. The largest absolute Gasteiger partial charge is 0.451 e. The lowest BCUT2D eigenvalue weighted by atomic mass is 10.0. The van der Waals surface area contributed by atoms with Crippen molar-refractivity contribution < 1.29 is 18.0 Å². The second-order valence-electron chi connectivity index (χ2n) is 7.00. The van der Waals surface area contributed by atoms with Gasteiger partial charge < -0.3 is 15.2 Å². The third kappa shape index (κ3) is 3.36. The Labute approximate surface area is 161 Å². The van der Waals surface area contributed by atoms with Crippen LogP contribution in [0.25, 0.3) is 0 Å². The van der Waals surface area contributed by atoms with E-state index in [-0.39, 0.29) is 30.7 Å². The van der Waals surface area contributed by atoms with Gasteiger partial charge in [0.05, 0.1) is 12.1 Å². The summed E-state index contributed by atoms with van der Waals surface area (Å²) in [4.78, 5) is 14.3. The van der Waals surface area contributed by atoms with E-state index in [2.05, 4.69) is 26.1 Å². The van der Waals surface area contributed by atoms with Crippen LogP contribution in [0, 0.1) is 0 Å².